The average molecular weight is 254 g/mol. The summed E-state index contributed by atoms with van der Waals surface area (Å²) >= 11 is 0. The fourth-order valence-electron chi connectivity index (χ4n) is 1.64. The number of aryl methyl sites for hydroxylation is 1. The van der Waals surface area contributed by atoms with E-state index in [0.29, 0.717) is 22.3 Å². The lowest BCUT2D eigenvalue weighted by atomic mass is 10.1. The predicted octanol–water partition coefficient (Wildman–Crippen LogP) is 2.74. The molecule has 2 rings (SSSR count). The zero-order valence-corrected chi connectivity index (χ0v) is 9.91. The maximum Gasteiger partial charge on any atom is 0.387 e. The summed E-state index contributed by atoms with van der Waals surface area (Å²) in [5.41, 5.74) is 7.51. The van der Waals surface area contributed by atoms with Crippen molar-refractivity contribution in [1.82, 2.24) is 4.98 Å². The molecule has 4 nitrogen and oxygen atoms in total. The summed E-state index contributed by atoms with van der Waals surface area (Å²) in [5.74, 6) is 0.171. The highest BCUT2D eigenvalue weighted by atomic mass is 19.3. The molecule has 2 N–H and O–H groups in total. The zero-order chi connectivity index (χ0) is 13.3. The van der Waals surface area contributed by atoms with Crippen molar-refractivity contribution in [2.45, 2.75) is 13.5 Å². The molecule has 1 heterocycles. The highest BCUT2D eigenvalue weighted by molar-refractivity contribution is 5.85. The van der Waals surface area contributed by atoms with Crippen LogP contribution in [0.15, 0.2) is 18.2 Å². The predicted molar refractivity (Wildman–Crippen MR) is 64.1 cm³/mol. The summed E-state index contributed by atoms with van der Waals surface area (Å²) in [6, 6.07) is 4.64. The number of nitrogens with zero attached hydrogens (tertiary/aromatic N) is 1. The Morgan fingerprint density at radius 2 is 1.94 bits per heavy atom. The van der Waals surface area contributed by atoms with Gasteiger partial charge in [-0.2, -0.15) is 8.78 Å². The molecule has 1 aromatic heterocycles. The van der Waals surface area contributed by atoms with Crippen LogP contribution in [0.3, 0.4) is 0 Å². The number of methoxy groups -OCH3 is 1. The van der Waals surface area contributed by atoms with Crippen LogP contribution >= 0.6 is 0 Å². The molecule has 0 radical (unpaired) electrons. The Hall–Kier alpha value is -2.11. The van der Waals surface area contributed by atoms with E-state index in [9.17, 15) is 8.78 Å². The number of anilines is 1. The minimum atomic E-state index is -2.91. The smallest absolute Gasteiger partial charge is 0.387 e. The van der Waals surface area contributed by atoms with Crippen molar-refractivity contribution in [3.05, 3.63) is 23.9 Å². The minimum Gasteiger partial charge on any atom is -0.493 e. The number of alkyl halides is 2. The Balaban J connectivity index is 2.61. The van der Waals surface area contributed by atoms with Gasteiger partial charge in [-0.1, -0.05) is 0 Å². The molecule has 1 aromatic carbocycles. The molecular weight excluding hydrogens is 242 g/mol. The standard InChI is InChI=1S/C12H12F2N2O2/c1-6-8(15)3-7-4-11(18-12(13)14)10(17-2)5-9(7)16-6/h3-5,12H,15H2,1-2H3. The first-order valence-corrected chi connectivity index (χ1v) is 5.21. The molecule has 18 heavy (non-hydrogen) atoms. The molecule has 96 valence electrons. The number of hydrogen-bond donors (Lipinski definition) is 1. The molecule has 0 saturated carbocycles. The number of pyridine rings is 1. The molecule has 0 bridgehead atoms. The summed E-state index contributed by atoms with van der Waals surface area (Å²) in [6.07, 6.45) is 0. The monoisotopic (exact) mass is 254 g/mol. The first kappa shape index (κ1) is 12.3. The third kappa shape index (κ3) is 2.27. The van der Waals surface area contributed by atoms with Gasteiger partial charge in [-0.15, -0.1) is 0 Å². The Morgan fingerprint density at radius 3 is 2.56 bits per heavy atom. The molecule has 6 heteroatoms. The number of nitrogens with two attached hydrogens (primary N) is 1. The van der Waals surface area contributed by atoms with Crippen molar-refractivity contribution in [3.8, 4) is 11.5 Å². The van der Waals surface area contributed by atoms with E-state index in [1.54, 1.807) is 19.1 Å². The summed E-state index contributed by atoms with van der Waals surface area (Å²) in [6.45, 7) is -1.14. The van der Waals surface area contributed by atoms with E-state index in [1.807, 2.05) is 0 Å². The van der Waals surface area contributed by atoms with Crippen LogP contribution in [0.25, 0.3) is 10.9 Å². The van der Waals surface area contributed by atoms with Crippen molar-refractivity contribution < 1.29 is 18.3 Å². The van der Waals surface area contributed by atoms with Gasteiger partial charge < -0.3 is 15.2 Å². The van der Waals surface area contributed by atoms with Gasteiger partial charge in [-0.25, -0.2) is 0 Å². The molecule has 2 aromatic rings. The van der Waals surface area contributed by atoms with Crippen LogP contribution in [-0.4, -0.2) is 18.7 Å². The molecule has 0 fully saturated rings. The van der Waals surface area contributed by atoms with Crippen molar-refractivity contribution >= 4 is 16.6 Å². The maximum absolute atomic E-state index is 12.3. The van der Waals surface area contributed by atoms with E-state index < -0.39 is 6.61 Å². The molecule has 0 aliphatic carbocycles. The van der Waals surface area contributed by atoms with Gasteiger partial charge in [0.15, 0.2) is 11.5 Å². The van der Waals surface area contributed by atoms with Gasteiger partial charge in [0.2, 0.25) is 0 Å². The zero-order valence-electron chi connectivity index (χ0n) is 9.91. The second-order valence-electron chi connectivity index (χ2n) is 3.74. The number of benzene rings is 1. The Bertz CT molecular complexity index is 588. The summed E-state index contributed by atoms with van der Waals surface area (Å²) in [4.78, 5) is 4.26. The van der Waals surface area contributed by atoms with Crippen molar-refractivity contribution in [1.29, 1.82) is 0 Å². The fraction of sp³-hybridized carbons (Fsp3) is 0.250. The summed E-state index contributed by atoms with van der Waals surface area (Å²) < 4.78 is 33.9. The molecule has 0 unspecified atom stereocenters. The maximum atomic E-state index is 12.3. The van der Waals surface area contributed by atoms with Crippen molar-refractivity contribution in [2.24, 2.45) is 0 Å². The third-order valence-electron chi connectivity index (χ3n) is 2.55. The van der Waals surface area contributed by atoms with Gasteiger partial charge in [0.25, 0.3) is 0 Å². The molecule has 0 saturated heterocycles. The molecule has 0 spiro atoms. The number of aromatic nitrogens is 1. The number of halogens is 2. The average Bonchev–Trinajstić information content (AvgIpc) is 2.30. The highest BCUT2D eigenvalue weighted by Gasteiger charge is 2.13. The summed E-state index contributed by atoms with van der Waals surface area (Å²) in [7, 11) is 1.38. The van der Waals surface area contributed by atoms with Crippen LogP contribution in [0.1, 0.15) is 5.69 Å². The van der Waals surface area contributed by atoms with E-state index in [2.05, 4.69) is 9.72 Å². The number of hydrogen-bond acceptors (Lipinski definition) is 4. The quantitative estimate of drug-likeness (QED) is 0.914. The first-order chi connectivity index (χ1) is 8.51. The van der Waals surface area contributed by atoms with E-state index >= 15 is 0 Å². The van der Waals surface area contributed by atoms with Gasteiger partial charge in [-0.3, -0.25) is 4.98 Å². The minimum absolute atomic E-state index is 0.0370. The first-order valence-electron chi connectivity index (χ1n) is 5.21. The van der Waals surface area contributed by atoms with Crippen LogP contribution in [0.5, 0.6) is 11.5 Å². The van der Waals surface area contributed by atoms with Crippen LogP contribution in [0.2, 0.25) is 0 Å². The third-order valence-corrected chi connectivity index (χ3v) is 2.55. The van der Waals surface area contributed by atoms with Crippen LogP contribution < -0.4 is 15.2 Å². The van der Waals surface area contributed by atoms with E-state index in [1.165, 1.54) is 13.2 Å². The van der Waals surface area contributed by atoms with Gasteiger partial charge in [-0.05, 0) is 19.1 Å². The second kappa shape index (κ2) is 4.64. The van der Waals surface area contributed by atoms with Crippen LogP contribution in [0.4, 0.5) is 14.5 Å². The molecular formula is C12H12F2N2O2. The Morgan fingerprint density at radius 1 is 1.22 bits per heavy atom. The lowest BCUT2D eigenvalue weighted by Crippen LogP contribution is -2.04. The van der Waals surface area contributed by atoms with Gasteiger partial charge in [0.05, 0.1) is 24.0 Å². The second-order valence-corrected chi connectivity index (χ2v) is 3.74. The summed E-state index contributed by atoms with van der Waals surface area (Å²) in [5, 5.41) is 0.620. The van der Waals surface area contributed by atoms with E-state index in [0.717, 1.165) is 0 Å². The van der Waals surface area contributed by atoms with Gasteiger partial charge in [0.1, 0.15) is 0 Å². The largest absolute Gasteiger partial charge is 0.493 e. The highest BCUT2D eigenvalue weighted by Crippen LogP contribution is 2.33. The van der Waals surface area contributed by atoms with Crippen LogP contribution in [-0.2, 0) is 0 Å². The number of fused-ring (bicyclic) bond motifs is 1. The van der Waals surface area contributed by atoms with E-state index in [4.69, 9.17) is 10.5 Å². The van der Waals surface area contributed by atoms with Crippen LogP contribution in [0, 0.1) is 6.92 Å². The Labute approximate surface area is 102 Å². The lowest BCUT2D eigenvalue weighted by molar-refractivity contribution is -0.0511. The van der Waals surface area contributed by atoms with Gasteiger partial charge >= 0.3 is 6.61 Å². The normalized spacial score (nSPS) is 10.9. The fourth-order valence-corrected chi connectivity index (χ4v) is 1.64. The lowest BCUT2D eigenvalue weighted by Gasteiger charge is -2.11. The number of rotatable bonds is 3. The molecule has 0 atom stereocenters. The molecule has 0 amide bonds. The SMILES string of the molecule is COc1cc2nc(C)c(N)cc2cc1OC(F)F. The molecule has 0 aliphatic rings. The molecule has 0 aliphatic heterocycles. The van der Waals surface area contributed by atoms with E-state index in [-0.39, 0.29) is 11.5 Å². The topological polar surface area (TPSA) is 57.4 Å². The Kier molecular flexibility index (Phi) is 3.18. The number of nitrogen functional groups attached to an aromatic ring is 1. The van der Waals surface area contributed by atoms with Crippen molar-refractivity contribution in [3.63, 3.8) is 0 Å². The van der Waals surface area contributed by atoms with Gasteiger partial charge in [0, 0.05) is 11.5 Å². The number of ether oxygens (including phenoxy) is 2. The van der Waals surface area contributed by atoms with Crippen molar-refractivity contribution in [2.75, 3.05) is 12.8 Å².